The van der Waals surface area contributed by atoms with Crippen molar-refractivity contribution in [1.82, 2.24) is 0 Å². The molecule has 134 valence electrons. The molecular formula is C21H22N2O3. The van der Waals surface area contributed by atoms with Crippen molar-refractivity contribution in [1.29, 1.82) is 0 Å². The van der Waals surface area contributed by atoms with E-state index in [1.54, 1.807) is 13.0 Å². The number of carbonyl (C=O) groups is 2. The van der Waals surface area contributed by atoms with Gasteiger partial charge in [-0.15, -0.1) is 0 Å². The number of nitrogens with one attached hydrogen (secondary N) is 1. The molecule has 2 amide bonds. The molecule has 26 heavy (non-hydrogen) atoms. The molecule has 2 aromatic carbocycles. The summed E-state index contributed by atoms with van der Waals surface area (Å²) in [6.07, 6.45) is 3.80. The van der Waals surface area contributed by atoms with E-state index in [0.29, 0.717) is 11.4 Å². The third-order valence-electron chi connectivity index (χ3n) is 5.05. The lowest BCUT2D eigenvalue weighted by Gasteiger charge is -2.32. The van der Waals surface area contributed by atoms with Gasteiger partial charge in [0.1, 0.15) is 12.3 Å². The van der Waals surface area contributed by atoms with Gasteiger partial charge in [0, 0.05) is 5.69 Å². The average Bonchev–Trinajstić information content (AvgIpc) is 2.66. The van der Waals surface area contributed by atoms with E-state index < -0.39 is 6.10 Å². The van der Waals surface area contributed by atoms with Gasteiger partial charge in [0.15, 0.2) is 6.10 Å². The Labute approximate surface area is 153 Å². The molecule has 0 bridgehead atoms. The second-order valence-corrected chi connectivity index (χ2v) is 6.85. The molecule has 0 aromatic heterocycles. The summed E-state index contributed by atoms with van der Waals surface area (Å²) in [4.78, 5) is 26.7. The van der Waals surface area contributed by atoms with E-state index in [9.17, 15) is 9.59 Å². The van der Waals surface area contributed by atoms with Crippen molar-refractivity contribution < 1.29 is 14.3 Å². The minimum absolute atomic E-state index is 0.0206. The van der Waals surface area contributed by atoms with Crippen LogP contribution in [0, 0.1) is 0 Å². The van der Waals surface area contributed by atoms with Gasteiger partial charge in [-0.1, -0.05) is 24.3 Å². The molecule has 0 saturated heterocycles. The SMILES string of the molecule is CC1Oc2ccccc2N(CC(=O)Nc2cccc3c2CCCC3)C1=O. The second kappa shape index (κ2) is 6.83. The third-order valence-corrected chi connectivity index (χ3v) is 5.05. The number of hydrogen-bond donors (Lipinski definition) is 1. The van der Waals surface area contributed by atoms with Gasteiger partial charge in [-0.25, -0.2) is 0 Å². The molecule has 1 unspecified atom stereocenters. The van der Waals surface area contributed by atoms with Crippen molar-refractivity contribution in [3.63, 3.8) is 0 Å². The van der Waals surface area contributed by atoms with Gasteiger partial charge in [-0.05, 0) is 61.9 Å². The van der Waals surface area contributed by atoms with E-state index >= 15 is 0 Å². The molecule has 5 heteroatoms. The molecule has 1 heterocycles. The second-order valence-electron chi connectivity index (χ2n) is 6.85. The molecule has 0 spiro atoms. The van der Waals surface area contributed by atoms with Crippen LogP contribution in [0.15, 0.2) is 42.5 Å². The van der Waals surface area contributed by atoms with Gasteiger partial charge >= 0.3 is 0 Å². The molecule has 2 aromatic rings. The first-order valence-electron chi connectivity index (χ1n) is 9.11. The quantitative estimate of drug-likeness (QED) is 0.924. The van der Waals surface area contributed by atoms with Crippen molar-refractivity contribution in [2.24, 2.45) is 0 Å². The van der Waals surface area contributed by atoms with Crippen LogP contribution in [0.2, 0.25) is 0 Å². The third kappa shape index (κ3) is 3.05. The molecule has 1 atom stereocenters. The molecule has 1 N–H and O–H groups in total. The highest BCUT2D eigenvalue weighted by atomic mass is 16.5. The largest absolute Gasteiger partial charge is 0.479 e. The topological polar surface area (TPSA) is 58.6 Å². The van der Waals surface area contributed by atoms with E-state index in [1.165, 1.54) is 22.4 Å². The molecule has 2 aliphatic rings. The van der Waals surface area contributed by atoms with Crippen molar-refractivity contribution >= 4 is 23.2 Å². The molecule has 4 rings (SSSR count). The summed E-state index contributed by atoms with van der Waals surface area (Å²) in [5, 5.41) is 3.01. The number of benzene rings is 2. The van der Waals surface area contributed by atoms with E-state index in [2.05, 4.69) is 11.4 Å². The number of fused-ring (bicyclic) bond motifs is 2. The first kappa shape index (κ1) is 16.6. The summed E-state index contributed by atoms with van der Waals surface area (Å²) in [5.41, 5.74) is 4.06. The number of rotatable bonds is 3. The molecular weight excluding hydrogens is 328 g/mol. The van der Waals surface area contributed by atoms with Gasteiger partial charge < -0.3 is 10.1 Å². The zero-order valence-electron chi connectivity index (χ0n) is 14.8. The summed E-state index contributed by atoms with van der Waals surface area (Å²) < 4.78 is 5.63. The minimum Gasteiger partial charge on any atom is -0.479 e. The average molecular weight is 350 g/mol. The smallest absolute Gasteiger partial charge is 0.268 e. The van der Waals surface area contributed by atoms with Crippen LogP contribution >= 0.6 is 0 Å². The number of aryl methyl sites for hydroxylation is 1. The molecule has 1 aliphatic heterocycles. The Morgan fingerprint density at radius 3 is 2.85 bits per heavy atom. The van der Waals surface area contributed by atoms with Crippen LogP contribution in [0.4, 0.5) is 11.4 Å². The molecule has 0 fully saturated rings. The highest BCUT2D eigenvalue weighted by Gasteiger charge is 2.32. The maximum absolute atomic E-state index is 12.7. The number of amides is 2. The van der Waals surface area contributed by atoms with Crippen molar-refractivity contribution in [2.45, 2.75) is 38.7 Å². The van der Waals surface area contributed by atoms with Gasteiger partial charge in [-0.3, -0.25) is 14.5 Å². The lowest BCUT2D eigenvalue weighted by molar-refractivity contribution is -0.127. The maximum Gasteiger partial charge on any atom is 0.268 e. The summed E-state index contributed by atoms with van der Waals surface area (Å²) in [6.45, 7) is 1.68. The molecule has 1 aliphatic carbocycles. The standard InChI is InChI=1S/C21H22N2O3/c1-14-21(25)23(18-11-4-5-12-19(18)26-14)13-20(24)22-17-10-6-8-15-7-2-3-9-16(15)17/h4-6,8,10-12,14H,2-3,7,9,13H2,1H3,(H,22,24). The Hall–Kier alpha value is -2.82. The van der Waals surface area contributed by atoms with Crippen LogP contribution in [0.5, 0.6) is 5.75 Å². The minimum atomic E-state index is -0.595. The van der Waals surface area contributed by atoms with Crippen molar-refractivity contribution in [2.75, 3.05) is 16.8 Å². The van der Waals surface area contributed by atoms with Crippen molar-refractivity contribution in [3.8, 4) is 5.75 Å². The van der Waals surface area contributed by atoms with Crippen molar-refractivity contribution in [3.05, 3.63) is 53.6 Å². The first-order chi connectivity index (χ1) is 12.6. The predicted octanol–water partition coefficient (Wildman–Crippen LogP) is 3.32. The fraction of sp³-hybridized carbons (Fsp3) is 0.333. The van der Waals surface area contributed by atoms with Crippen LogP contribution in [0.1, 0.15) is 30.9 Å². The van der Waals surface area contributed by atoms with Crippen LogP contribution in [-0.2, 0) is 22.4 Å². The zero-order valence-corrected chi connectivity index (χ0v) is 14.8. The summed E-state index contributed by atoms with van der Waals surface area (Å²) in [7, 11) is 0. The number of carbonyl (C=O) groups excluding carboxylic acids is 2. The first-order valence-corrected chi connectivity index (χ1v) is 9.11. The van der Waals surface area contributed by atoms with Crippen LogP contribution in [0.3, 0.4) is 0 Å². The van der Waals surface area contributed by atoms with E-state index in [-0.39, 0.29) is 18.4 Å². The van der Waals surface area contributed by atoms with E-state index in [1.807, 2.05) is 30.3 Å². The number of para-hydroxylation sites is 2. The Morgan fingerprint density at radius 2 is 1.96 bits per heavy atom. The zero-order chi connectivity index (χ0) is 18.1. The van der Waals surface area contributed by atoms with E-state index in [0.717, 1.165) is 24.9 Å². The van der Waals surface area contributed by atoms with Crippen LogP contribution in [0.25, 0.3) is 0 Å². The summed E-state index contributed by atoms with van der Waals surface area (Å²) in [6, 6.07) is 13.4. The number of anilines is 2. The summed E-state index contributed by atoms with van der Waals surface area (Å²) in [5.74, 6) is 0.236. The number of nitrogens with zero attached hydrogens (tertiary/aromatic N) is 1. The highest BCUT2D eigenvalue weighted by molar-refractivity contribution is 6.06. The van der Waals surface area contributed by atoms with Gasteiger partial charge in [0.2, 0.25) is 5.91 Å². The Bertz CT molecular complexity index is 862. The Morgan fingerprint density at radius 1 is 1.15 bits per heavy atom. The maximum atomic E-state index is 12.7. The highest BCUT2D eigenvalue weighted by Crippen LogP contribution is 2.33. The normalized spacial score (nSPS) is 18.6. The van der Waals surface area contributed by atoms with Crippen LogP contribution < -0.4 is 15.0 Å². The van der Waals surface area contributed by atoms with Gasteiger partial charge in [0.05, 0.1) is 5.69 Å². The van der Waals surface area contributed by atoms with Crippen LogP contribution in [-0.4, -0.2) is 24.5 Å². The summed E-state index contributed by atoms with van der Waals surface area (Å²) >= 11 is 0. The molecule has 0 saturated carbocycles. The Balaban J connectivity index is 1.55. The van der Waals surface area contributed by atoms with E-state index in [4.69, 9.17) is 4.74 Å². The van der Waals surface area contributed by atoms with Gasteiger partial charge in [0.25, 0.3) is 5.91 Å². The lowest BCUT2D eigenvalue weighted by Crippen LogP contribution is -2.47. The lowest BCUT2D eigenvalue weighted by atomic mass is 9.90. The van der Waals surface area contributed by atoms with Gasteiger partial charge in [-0.2, -0.15) is 0 Å². The predicted molar refractivity (Wildman–Crippen MR) is 101 cm³/mol. The number of hydrogen-bond acceptors (Lipinski definition) is 3. The molecule has 0 radical (unpaired) electrons. The fourth-order valence-corrected chi connectivity index (χ4v) is 3.75. The monoisotopic (exact) mass is 350 g/mol. The molecule has 5 nitrogen and oxygen atoms in total. The Kier molecular flexibility index (Phi) is 4.37. The fourth-order valence-electron chi connectivity index (χ4n) is 3.75. The number of ether oxygens (including phenoxy) is 1.